The summed E-state index contributed by atoms with van der Waals surface area (Å²) in [6.45, 7) is 2.33. The molecular formula is C11H17Cl2N3O. The van der Waals surface area contributed by atoms with Crippen molar-refractivity contribution in [1.82, 2.24) is 15.6 Å². The molecule has 1 aromatic rings. The lowest BCUT2D eigenvalue weighted by molar-refractivity contribution is -0.124. The summed E-state index contributed by atoms with van der Waals surface area (Å²) in [6.07, 6.45) is 4.44. The number of carbonyl (C=O) groups is 1. The number of halogens is 2. The van der Waals surface area contributed by atoms with E-state index in [0.29, 0.717) is 6.54 Å². The van der Waals surface area contributed by atoms with E-state index in [2.05, 4.69) is 15.6 Å². The lowest BCUT2D eigenvalue weighted by atomic mass is 10.1. The summed E-state index contributed by atoms with van der Waals surface area (Å²) >= 11 is 0. The summed E-state index contributed by atoms with van der Waals surface area (Å²) in [5.41, 5.74) is 1.04. The molecule has 1 aromatic heterocycles. The first-order valence-electron chi connectivity index (χ1n) is 5.23. The van der Waals surface area contributed by atoms with Crippen LogP contribution in [0.3, 0.4) is 0 Å². The van der Waals surface area contributed by atoms with E-state index in [9.17, 15) is 4.79 Å². The van der Waals surface area contributed by atoms with E-state index in [1.165, 1.54) is 0 Å². The molecule has 4 nitrogen and oxygen atoms in total. The highest BCUT2D eigenvalue weighted by atomic mass is 35.5. The Balaban J connectivity index is 0.00000128. The first-order valence-corrected chi connectivity index (χ1v) is 5.23. The summed E-state index contributed by atoms with van der Waals surface area (Å²) in [4.78, 5) is 15.6. The Kier molecular flexibility index (Phi) is 7.87. The first-order chi connectivity index (χ1) is 7.36. The molecule has 1 amide bonds. The van der Waals surface area contributed by atoms with Crippen molar-refractivity contribution in [2.45, 2.75) is 13.0 Å². The highest BCUT2D eigenvalue weighted by molar-refractivity contribution is 5.85. The Morgan fingerprint density at radius 1 is 1.53 bits per heavy atom. The minimum atomic E-state index is 0. The molecule has 2 heterocycles. The van der Waals surface area contributed by atoms with Crippen LogP contribution in [0.1, 0.15) is 12.0 Å². The molecule has 1 aliphatic rings. The number of nitrogens with one attached hydrogen (secondary N) is 2. The second-order valence-electron chi connectivity index (χ2n) is 3.77. The van der Waals surface area contributed by atoms with Crippen LogP contribution in [0.15, 0.2) is 24.5 Å². The number of carbonyl (C=O) groups excluding carboxylic acids is 1. The van der Waals surface area contributed by atoms with Gasteiger partial charge < -0.3 is 10.6 Å². The number of hydrogen-bond donors (Lipinski definition) is 2. The van der Waals surface area contributed by atoms with Gasteiger partial charge >= 0.3 is 0 Å². The van der Waals surface area contributed by atoms with Crippen LogP contribution in [-0.4, -0.2) is 24.0 Å². The topological polar surface area (TPSA) is 54.0 Å². The molecule has 2 N–H and O–H groups in total. The molecule has 96 valence electrons. The van der Waals surface area contributed by atoms with Gasteiger partial charge in [-0.2, -0.15) is 0 Å². The summed E-state index contributed by atoms with van der Waals surface area (Å²) in [7, 11) is 0. The van der Waals surface area contributed by atoms with Crippen molar-refractivity contribution in [1.29, 1.82) is 0 Å². The van der Waals surface area contributed by atoms with Gasteiger partial charge in [-0.3, -0.25) is 9.78 Å². The molecule has 0 aliphatic carbocycles. The fourth-order valence-electron chi connectivity index (χ4n) is 1.71. The summed E-state index contributed by atoms with van der Waals surface area (Å²) in [6, 6.07) is 3.83. The number of rotatable bonds is 3. The summed E-state index contributed by atoms with van der Waals surface area (Å²) < 4.78 is 0. The lowest BCUT2D eigenvalue weighted by Gasteiger charge is -2.09. The molecule has 1 fully saturated rings. The molecule has 0 spiro atoms. The van der Waals surface area contributed by atoms with Crippen molar-refractivity contribution in [3.63, 3.8) is 0 Å². The minimum absolute atomic E-state index is 0. The third-order valence-electron chi connectivity index (χ3n) is 2.62. The molecule has 2 rings (SSSR count). The Morgan fingerprint density at radius 3 is 2.94 bits per heavy atom. The van der Waals surface area contributed by atoms with Crippen LogP contribution in [0.25, 0.3) is 0 Å². The van der Waals surface area contributed by atoms with Crippen LogP contribution in [0.4, 0.5) is 0 Å². The number of amides is 1. The van der Waals surface area contributed by atoms with E-state index in [1.54, 1.807) is 12.4 Å². The van der Waals surface area contributed by atoms with E-state index in [1.807, 2.05) is 12.1 Å². The molecule has 1 atom stereocenters. The zero-order chi connectivity index (χ0) is 10.5. The van der Waals surface area contributed by atoms with Gasteiger partial charge in [-0.15, -0.1) is 24.8 Å². The fraction of sp³-hybridized carbons (Fsp3) is 0.455. The van der Waals surface area contributed by atoms with E-state index < -0.39 is 0 Å². The molecule has 6 heteroatoms. The van der Waals surface area contributed by atoms with E-state index >= 15 is 0 Å². The highest BCUT2D eigenvalue weighted by Gasteiger charge is 2.21. The van der Waals surface area contributed by atoms with Crippen LogP contribution < -0.4 is 10.6 Å². The maximum absolute atomic E-state index is 11.6. The van der Waals surface area contributed by atoms with Gasteiger partial charge in [0.05, 0.1) is 5.92 Å². The maximum atomic E-state index is 11.6. The molecule has 1 unspecified atom stereocenters. The second-order valence-corrected chi connectivity index (χ2v) is 3.77. The smallest absolute Gasteiger partial charge is 0.224 e. The predicted molar refractivity (Wildman–Crippen MR) is 71.6 cm³/mol. The minimum Gasteiger partial charge on any atom is -0.352 e. The van der Waals surface area contributed by atoms with Gasteiger partial charge in [0.1, 0.15) is 0 Å². The van der Waals surface area contributed by atoms with Gasteiger partial charge in [-0.1, -0.05) is 6.07 Å². The lowest BCUT2D eigenvalue weighted by Crippen LogP contribution is -2.31. The zero-order valence-electron chi connectivity index (χ0n) is 9.39. The standard InChI is InChI=1S/C11H15N3O.2ClH/c15-11(10-3-5-13-8-10)14-7-9-2-1-4-12-6-9;;/h1-2,4,6,10,13H,3,5,7-8H2,(H,14,15);2*1H. The summed E-state index contributed by atoms with van der Waals surface area (Å²) in [5, 5.41) is 6.10. The molecular weight excluding hydrogens is 261 g/mol. The van der Waals surface area contributed by atoms with Crippen LogP contribution >= 0.6 is 24.8 Å². The Labute approximate surface area is 113 Å². The average molecular weight is 278 g/mol. The van der Waals surface area contributed by atoms with Crippen molar-refractivity contribution < 1.29 is 4.79 Å². The first kappa shape index (κ1) is 16.2. The Bertz CT molecular complexity index is 329. The normalized spacial score (nSPS) is 17.8. The van der Waals surface area contributed by atoms with Gasteiger partial charge in [0.2, 0.25) is 5.91 Å². The number of pyridine rings is 1. The van der Waals surface area contributed by atoms with Crippen molar-refractivity contribution in [3.8, 4) is 0 Å². The highest BCUT2D eigenvalue weighted by Crippen LogP contribution is 2.07. The third kappa shape index (κ3) is 4.89. The molecule has 0 radical (unpaired) electrons. The fourth-order valence-corrected chi connectivity index (χ4v) is 1.71. The molecule has 1 saturated heterocycles. The van der Waals surface area contributed by atoms with Crippen molar-refractivity contribution >= 4 is 30.7 Å². The van der Waals surface area contributed by atoms with Crippen molar-refractivity contribution in [3.05, 3.63) is 30.1 Å². The summed E-state index contributed by atoms with van der Waals surface area (Å²) in [5.74, 6) is 0.283. The van der Waals surface area contributed by atoms with Gasteiger partial charge in [0.15, 0.2) is 0 Å². The van der Waals surface area contributed by atoms with Gasteiger partial charge in [-0.25, -0.2) is 0 Å². The van der Waals surface area contributed by atoms with Crippen LogP contribution in [0.5, 0.6) is 0 Å². The quantitative estimate of drug-likeness (QED) is 0.872. The van der Waals surface area contributed by atoms with E-state index in [4.69, 9.17) is 0 Å². The molecule has 1 aliphatic heterocycles. The van der Waals surface area contributed by atoms with Gasteiger partial charge in [-0.05, 0) is 24.6 Å². The largest absolute Gasteiger partial charge is 0.352 e. The zero-order valence-corrected chi connectivity index (χ0v) is 11.0. The average Bonchev–Trinajstić information content (AvgIpc) is 2.81. The van der Waals surface area contributed by atoms with E-state index in [0.717, 1.165) is 25.1 Å². The molecule has 0 bridgehead atoms. The number of nitrogens with zero attached hydrogens (tertiary/aromatic N) is 1. The molecule has 0 aromatic carbocycles. The van der Waals surface area contributed by atoms with Crippen LogP contribution in [-0.2, 0) is 11.3 Å². The third-order valence-corrected chi connectivity index (χ3v) is 2.62. The molecule has 17 heavy (non-hydrogen) atoms. The van der Waals surface area contributed by atoms with Crippen LogP contribution in [0, 0.1) is 5.92 Å². The Morgan fingerprint density at radius 2 is 2.35 bits per heavy atom. The van der Waals surface area contributed by atoms with E-state index in [-0.39, 0.29) is 36.6 Å². The van der Waals surface area contributed by atoms with Gasteiger partial charge in [0.25, 0.3) is 0 Å². The monoisotopic (exact) mass is 277 g/mol. The van der Waals surface area contributed by atoms with Crippen molar-refractivity contribution in [2.24, 2.45) is 5.92 Å². The number of hydrogen-bond acceptors (Lipinski definition) is 3. The predicted octanol–water partition coefficient (Wildman–Crippen LogP) is 1.15. The Hall–Kier alpha value is -0.840. The van der Waals surface area contributed by atoms with Gasteiger partial charge in [0, 0.05) is 25.5 Å². The second kappa shape index (κ2) is 8.28. The SMILES string of the molecule is Cl.Cl.O=C(NCc1cccnc1)C1CCNC1. The number of aromatic nitrogens is 1. The van der Waals surface area contributed by atoms with Crippen LogP contribution in [0.2, 0.25) is 0 Å². The maximum Gasteiger partial charge on any atom is 0.224 e. The molecule has 0 saturated carbocycles. The van der Waals surface area contributed by atoms with Crippen molar-refractivity contribution in [2.75, 3.05) is 13.1 Å².